The topological polar surface area (TPSA) is 86.1 Å². The molecule has 3 aromatic rings. The van der Waals surface area contributed by atoms with Crippen molar-refractivity contribution in [3.05, 3.63) is 32.3 Å². The van der Waals surface area contributed by atoms with Gasteiger partial charge < -0.3 is 14.6 Å². The van der Waals surface area contributed by atoms with Crippen LogP contribution in [-0.4, -0.2) is 39.0 Å². The van der Waals surface area contributed by atoms with Crippen LogP contribution in [0.3, 0.4) is 0 Å². The van der Waals surface area contributed by atoms with Gasteiger partial charge in [0.2, 0.25) is 5.91 Å². The number of rotatable bonds is 8. The standard InChI is InChI=1S/C23H28N4O3S3/c1-5-27-20(15-10-14(4)31-11-15)25-26-23(27)32-12-18(28)24-21-19(22(29)30-6-2)16-8-7-13(3)9-17(16)33-21/h10-11,13H,5-9,12H2,1-4H3,(H,24,28). The highest BCUT2D eigenvalue weighted by atomic mass is 32.2. The van der Waals surface area contributed by atoms with Gasteiger partial charge in [0.1, 0.15) is 5.00 Å². The number of hydrogen-bond acceptors (Lipinski definition) is 8. The fourth-order valence-corrected chi connectivity index (χ4v) is 6.90. The van der Waals surface area contributed by atoms with Crippen LogP contribution in [0.2, 0.25) is 0 Å². The summed E-state index contributed by atoms with van der Waals surface area (Å²) in [5.41, 5.74) is 2.62. The number of fused-ring (bicyclic) bond motifs is 1. The molecule has 1 N–H and O–H groups in total. The molecule has 1 aliphatic carbocycles. The second kappa shape index (κ2) is 10.4. The summed E-state index contributed by atoms with van der Waals surface area (Å²) < 4.78 is 7.32. The molecule has 0 aromatic carbocycles. The maximum atomic E-state index is 12.8. The maximum absolute atomic E-state index is 12.8. The molecule has 0 aliphatic heterocycles. The van der Waals surface area contributed by atoms with E-state index in [9.17, 15) is 9.59 Å². The Hall–Kier alpha value is -2.17. The predicted molar refractivity (Wildman–Crippen MR) is 135 cm³/mol. The molecule has 1 atom stereocenters. The molecule has 4 rings (SSSR count). The molecule has 10 heteroatoms. The van der Waals surface area contributed by atoms with Crippen molar-refractivity contribution in [3.63, 3.8) is 0 Å². The number of carbonyl (C=O) groups is 2. The van der Waals surface area contributed by atoms with E-state index in [-0.39, 0.29) is 17.6 Å². The van der Waals surface area contributed by atoms with E-state index in [4.69, 9.17) is 4.74 Å². The third-order valence-corrected chi connectivity index (χ3v) is 8.60. The Morgan fingerprint density at radius 2 is 2.15 bits per heavy atom. The quantitative estimate of drug-likeness (QED) is 0.325. The molecular formula is C23H28N4O3S3. The maximum Gasteiger partial charge on any atom is 0.341 e. The molecule has 0 saturated heterocycles. The Balaban J connectivity index is 1.49. The summed E-state index contributed by atoms with van der Waals surface area (Å²) in [4.78, 5) is 27.9. The number of aromatic nitrogens is 3. The lowest BCUT2D eigenvalue weighted by molar-refractivity contribution is -0.113. The number of esters is 1. The van der Waals surface area contributed by atoms with E-state index >= 15 is 0 Å². The summed E-state index contributed by atoms with van der Waals surface area (Å²) in [6.07, 6.45) is 2.82. The molecule has 3 heterocycles. The Bertz CT molecular complexity index is 1160. The van der Waals surface area contributed by atoms with Crippen molar-refractivity contribution < 1.29 is 14.3 Å². The zero-order chi connectivity index (χ0) is 23.5. The van der Waals surface area contributed by atoms with Crippen LogP contribution in [0.15, 0.2) is 16.6 Å². The number of nitrogens with one attached hydrogen (secondary N) is 1. The van der Waals surface area contributed by atoms with Gasteiger partial charge in [0.25, 0.3) is 0 Å². The number of nitrogens with zero attached hydrogens (tertiary/aromatic N) is 3. The van der Waals surface area contributed by atoms with Crippen LogP contribution in [0.25, 0.3) is 11.4 Å². The van der Waals surface area contributed by atoms with E-state index in [1.165, 1.54) is 32.9 Å². The van der Waals surface area contributed by atoms with E-state index in [2.05, 4.69) is 40.8 Å². The Labute approximate surface area is 206 Å². The number of thioether (sulfide) groups is 1. The summed E-state index contributed by atoms with van der Waals surface area (Å²) in [5.74, 6) is 1.05. The molecule has 33 heavy (non-hydrogen) atoms. The minimum atomic E-state index is -0.353. The highest BCUT2D eigenvalue weighted by molar-refractivity contribution is 7.99. The summed E-state index contributed by atoms with van der Waals surface area (Å²) in [6, 6.07) is 2.10. The number of thiophene rings is 2. The average Bonchev–Trinajstić information content (AvgIpc) is 3.47. The molecule has 1 unspecified atom stereocenters. The van der Waals surface area contributed by atoms with Gasteiger partial charge in [-0.15, -0.1) is 32.9 Å². The fraction of sp³-hybridized carbons (Fsp3) is 0.478. The SMILES string of the molecule is CCOC(=O)c1c(NC(=O)CSc2nnc(-c3csc(C)c3)n2CC)sc2c1CCC(C)C2. The van der Waals surface area contributed by atoms with Crippen molar-refractivity contribution in [2.45, 2.75) is 58.7 Å². The van der Waals surface area contributed by atoms with Gasteiger partial charge in [-0.25, -0.2) is 4.79 Å². The first-order chi connectivity index (χ1) is 15.9. The Kier molecular flexibility index (Phi) is 7.55. The molecular weight excluding hydrogens is 476 g/mol. The third kappa shape index (κ3) is 5.17. The number of amides is 1. The third-order valence-electron chi connectivity index (χ3n) is 5.60. The summed E-state index contributed by atoms with van der Waals surface area (Å²) in [6.45, 7) is 9.14. The zero-order valence-corrected chi connectivity index (χ0v) is 21.7. The van der Waals surface area contributed by atoms with Crippen molar-refractivity contribution in [2.75, 3.05) is 17.7 Å². The van der Waals surface area contributed by atoms with Crippen molar-refractivity contribution in [2.24, 2.45) is 5.92 Å². The highest BCUT2D eigenvalue weighted by Crippen LogP contribution is 2.40. The van der Waals surface area contributed by atoms with Gasteiger partial charge in [0.15, 0.2) is 11.0 Å². The van der Waals surface area contributed by atoms with Crippen LogP contribution in [0, 0.1) is 12.8 Å². The van der Waals surface area contributed by atoms with E-state index in [1.54, 1.807) is 18.3 Å². The van der Waals surface area contributed by atoms with Gasteiger partial charge in [-0.1, -0.05) is 18.7 Å². The summed E-state index contributed by atoms with van der Waals surface area (Å²) >= 11 is 4.53. The van der Waals surface area contributed by atoms with Crippen molar-refractivity contribution in [1.29, 1.82) is 0 Å². The van der Waals surface area contributed by atoms with Crippen LogP contribution in [0.4, 0.5) is 5.00 Å². The molecule has 1 amide bonds. The Morgan fingerprint density at radius 1 is 1.33 bits per heavy atom. The molecule has 7 nitrogen and oxygen atoms in total. The number of hydrogen-bond donors (Lipinski definition) is 1. The smallest absolute Gasteiger partial charge is 0.341 e. The van der Waals surface area contributed by atoms with Gasteiger partial charge in [-0.3, -0.25) is 4.79 Å². The van der Waals surface area contributed by atoms with E-state index in [1.807, 2.05) is 11.5 Å². The normalized spacial score (nSPS) is 15.3. The number of aryl methyl sites for hydroxylation is 1. The lowest BCUT2D eigenvalue weighted by Gasteiger charge is -2.18. The number of ether oxygens (including phenoxy) is 1. The number of carbonyl (C=O) groups excluding carboxylic acids is 2. The Morgan fingerprint density at radius 3 is 2.85 bits per heavy atom. The van der Waals surface area contributed by atoms with Crippen molar-refractivity contribution in [3.8, 4) is 11.4 Å². The van der Waals surface area contributed by atoms with Gasteiger partial charge in [0, 0.05) is 27.2 Å². The van der Waals surface area contributed by atoms with E-state index < -0.39 is 0 Å². The molecule has 0 fully saturated rings. The van der Waals surface area contributed by atoms with Crippen LogP contribution in [-0.2, 0) is 28.9 Å². The first kappa shape index (κ1) is 24.0. The first-order valence-electron chi connectivity index (χ1n) is 11.1. The molecule has 3 aromatic heterocycles. The summed E-state index contributed by atoms with van der Waals surface area (Å²) in [5, 5.41) is 15.0. The second-order valence-electron chi connectivity index (χ2n) is 8.11. The monoisotopic (exact) mass is 504 g/mol. The zero-order valence-electron chi connectivity index (χ0n) is 19.3. The van der Waals surface area contributed by atoms with Gasteiger partial charge in [-0.2, -0.15) is 0 Å². The van der Waals surface area contributed by atoms with Crippen LogP contribution >= 0.6 is 34.4 Å². The predicted octanol–water partition coefficient (Wildman–Crippen LogP) is 5.43. The molecule has 1 aliphatic rings. The molecule has 0 saturated carbocycles. The second-order valence-corrected chi connectivity index (χ2v) is 11.3. The summed E-state index contributed by atoms with van der Waals surface area (Å²) in [7, 11) is 0. The van der Waals surface area contributed by atoms with E-state index in [0.717, 1.165) is 36.2 Å². The van der Waals surface area contributed by atoms with Gasteiger partial charge >= 0.3 is 5.97 Å². The van der Waals surface area contributed by atoms with Crippen LogP contribution in [0.5, 0.6) is 0 Å². The minimum absolute atomic E-state index is 0.171. The van der Waals surface area contributed by atoms with Crippen molar-refractivity contribution >= 4 is 51.3 Å². The average molecular weight is 505 g/mol. The molecule has 0 radical (unpaired) electrons. The first-order valence-corrected chi connectivity index (χ1v) is 13.8. The molecule has 0 spiro atoms. The lowest BCUT2D eigenvalue weighted by atomic mass is 9.88. The van der Waals surface area contributed by atoms with E-state index in [0.29, 0.717) is 34.8 Å². The van der Waals surface area contributed by atoms with Gasteiger partial charge in [-0.05, 0) is 57.6 Å². The number of anilines is 1. The lowest BCUT2D eigenvalue weighted by Crippen LogP contribution is -2.18. The van der Waals surface area contributed by atoms with Gasteiger partial charge in [0.05, 0.1) is 17.9 Å². The minimum Gasteiger partial charge on any atom is -0.462 e. The van der Waals surface area contributed by atoms with Crippen LogP contribution < -0.4 is 5.32 Å². The fourth-order valence-electron chi connectivity index (χ4n) is 4.01. The molecule has 176 valence electrons. The highest BCUT2D eigenvalue weighted by Gasteiger charge is 2.29. The largest absolute Gasteiger partial charge is 0.462 e. The van der Waals surface area contributed by atoms with Crippen LogP contribution in [0.1, 0.15) is 52.9 Å². The molecule has 0 bridgehead atoms. The van der Waals surface area contributed by atoms with Crippen molar-refractivity contribution in [1.82, 2.24) is 14.8 Å².